The van der Waals surface area contributed by atoms with Gasteiger partial charge in [0.2, 0.25) is 0 Å². The van der Waals surface area contributed by atoms with Gasteiger partial charge in [-0.1, -0.05) is 6.07 Å². The fourth-order valence-electron chi connectivity index (χ4n) is 1.12. The van der Waals surface area contributed by atoms with E-state index in [1.807, 2.05) is 19.1 Å². The van der Waals surface area contributed by atoms with Gasteiger partial charge in [0.15, 0.2) is 0 Å². The summed E-state index contributed by atoms with van der Waals surface area (Å²) in [6.45, 7) is 3.23. The monoisotopic (exact) mass is 182 g/mol. The number of alkyl halides is 1. The number of halogens is 1. The summed E-state index contributed by atoms with van der Waals surface area (Å²) in [4.78, 5) is 4.16. The SMILES string of the molecule is Cc1ncccc1CNCCCF. The molecule has 13 heavy (non-hydrogen) atoms. The molecule has 0 aromatic carbocycles. The molecule has 3 heteroatoms. The molecule has 0 aliphatic heterocycles. The van der Waals surface area contributed by atoms with Crippen LogP contribution >= 0.6 is 0 Å². The molecule has 0 saturated heterocycles. The highest BCUT2D eigenvalue weighted by Crippen LogP contribution is 2.02. The number of aryl methyl sites for hydroxylation is 1. The molecule has 0 radical (unpaired) electrons. The predicted molar refractivity (Wildman–Crippen MR) is 51.3 cm³/mol. The average Bonchev–Trinajstić information content (AvgIpc) is 2.15. The van der Waals surface area contributed by atoms with E-state index in [0.717, 1.165) is 18.8 Å². The minimum atomic E-state index is -0.251. The first-order chi connectivity index (χ1) is 6.34. The molecular formula is C10H15FN2. The van der Waals surface area contributed by atoms with E-state index in [4.69, 9.17) is 0 Å². The number of nitrogens with one attached hydrogen (secondary N) is 1. The molecule has 0 spiro atoms. The third-order valence-electron chi connectivity index (χ3n) is 1.92. The van der Waals surface area contributed by atoms with Crippen molar-refractivity contribution in [3.63, 3.8) is 0 Å². The zero-order valence-electron chi connectivity index (χ0n) is 7.89. The second kappa shape index (κ2) is 5.65. The van der Waals surface area contributed by atoms with Crippen molar-refractivity contribution in [3.05, 3.63) is 29.6 Å². The van der Waals surface area contributed by atoms with Gasteiger partial charge in [0.05, 0.1) is 6.67 Å². The number of hydrogen-bond acceptors (Lipinski definition) is 2. The molecule has 1 aromatic heterocycles. The lowest BCUT2D eigenvalue weighted by Gasteiger charge is -2.05. The van der Waals surface area contributed by atoms with Crippen molar-refractivity contribution in [1.82, 2.24) is 10.3 Å². The van der Waals surface area contributed by atoms with E-state index in [2.05, 4.69) is 10.3 Å². The van der Waals surface area contributed by atoms with E-state index in [0.29, 0.717) is 6.42 Å². The van der Waals surface area contributed by atoms with Crippen LogP contribution in [0.25, 0.3) is 0 Å². The summed E-state index contributed by atoms with van der Waals surface area (Å²) >= 11 is 0. The molecule has 0 aliphatic rings. The molecule has 1 rings (SSSR count). The van der Waals surface area contributed by atoms with Gasteiger partial charge >= 0.3 is 0 Å². The lowest BCUT2D eigenvalue weighted by atomic mass is 10.2. The summed E-state index contributed by atoms with van der Waals surface area (Å²) in [7, 11) is 0. The molecule has 0 fully saturated rings. The van der Waals surface area contributed by atoms with Gasteiger partial charge in [0, 0.05) is 18.4 Å². The summed E-state index contributed by atoms with van der Waals surface area (Å²) < 4.78 is 11.7. The van der Waals surface area contributed by atoms with Crippen molar-refractivity contribution in [3.8, 4) is 0 Å². The summed E-state index contributed by atoms with van der Waals surface area (Å²) in [6, 6.07) is 3.95. The van der Waals surface area contributed by atoms with Crippen molar-refractivity contribution in [2.45, 2.75) is 19.9 Å². The standard InChI is InChI=1S/C10H15FN2/c1-9-10(4-2-7-13-9)8-12-6-3-5-11/h2,4,7,12H,3,5-6,8H2,1H3. The Morgan fingerprint density at radius 2 is 2.38 bits per heavy atom. The number of pyridine rings is 1. The number of nitrogens with zero attached hydrogens (tertiary/aromatic N) is 1. The molecule has 0 bridgehead atoms. The Labute approximate surface area is 78.2 Å². The maximum atomic E-state index is 11.7. The first-order valence-corrected chi connectivity index (χ1v) is 4.52. The molecular weight excluding hydrogens is 167 g/mol. The zero-order valence-corrected chi connectivity index (χ0v) is 7.89. The summed E-state index contributed by atoms with van der Waals surface area (Å²) in [6.07, 6.45) is 2.36. The Hall–Kier alpha value is -0.960. The Morgan fingerprint density at radius 1 is 1.54 bits per heavy atom. The minimum Gasteiger partial charge on any atom is -0.313 e. The minimum absolute atomic E-state index is 0.251. The van der Waals surface area contributed by atoms with Crippen molar-refractivity contribution in [2.75, 3.05) is 13.2 Å². The van der Waals surface area contributed by atoms with Gasteiger partial charge in [0.25, 0.3) is 0 Å². The molecule has 0 aliphatic carbocycles. The smallest absolute Gasteiger partial charge is 0.0906 e. The van der Waals surface area contributed by atoms with Crippen molar-refractivity contribution >= 4 is 0 Å². The van der Waals surface area contributed by atoms with Gasteiger partial charge in [0.1, 0.15) is 0 Å². The summed E-state index contributed by atoms with van der Waals surface area (Å²) in [5.41, 5.74) is 2.22. The van der Waals surface area contributed by atoms with Gasteiger partial charge in [-0.3, -0.25) is 9.37 Å². The molecule has 1 heterocycles. The Bertz CT molecular complexity index is 250. The number of rotatable bonds is 5. The molecule has 0 saturated carbocycles. The second-order valence-corrected chi connectivity index (χ2v) is 2.97. The largest absolute Gasteiger partial charge is 0.313 e. The molecule has 1 aromatic rings. The van der Waals surface area contributed by atoms with Crippen LogP contribution in [0.1, 0.15) is 17.7 Å². The number of hydrogen-bond donors (Lipinski definition) is 1. The molecule has 0 unspecified atom stereocenters. The van der Waals surface area contributed by atoms with Crippen molar-refractivity contribution < 1.29 is 4.39 Å². The Morgan fingerprint density at radius 3 is 3.08 bits per heavy atom. The van der Waals surface area contributed by atoms with Crippen molar-refractivity contribution in [1.29, 1.82) is 0 Å². The van der Waals surface area contributed by atoms with E-state index in [9.17, 15) is 4.39 Å². The van der Waals surface area contributed by atoms with Gasteiger partial charge in [-0.25, -0.2) is 0 Å². The highest BCUT2D eigenvalue weighted by molar-refractivity contribution is 5.17. The van der Waals surface area contributed by atoms with E-state index in [1.165, 1.54) is 5.56 Å². The van der Waals surface area contributed by atoms with Crippen LogP contribution in [0.3, 0.4) is 0 Å². The van der Waals surface area contributed by atoms with Crippen LogP contribution in [-0.2, 0) is 6.54 Å². The third kappa shape index (κ3) is 3.51. The summed E-state index contributed by atoms with van der Waals surface area (Å²) in [5.74, 6) is 0. The van der Waals surface area contributed by atoms with Crippen LogP contribution in [0, 0.1) is 6.92 Å². The second-order valence-electron chi connectivity index (χ2n) is 2.97. The van der Waals surface area contributed by atoms with Gasteiger partial charge in [-0.15, -0.1) is 0 Å². The van der Waals surface area contributed by atoms with Crippen LogP contribution in [-0.4, -0.2) is 18.2 Å². The van der Waals surface area contributed by atoms with Crippen LogP contribution < -0.4 is 5.32 Å². The molecule has 72 valence electrons. The van der Waals surface area contributed by atoms with Gasteiger partial charge < -0.3 is 5.32 Å². The normalized spacial score (nSPS) is 10.3. The van der Waals surface area contributed by atoms with Crippen LogP contribution in [0.5, 0.6) is 0 Å². The first kappa shape index (κ1) is 10.1. The summed E-state index contributed by atoms with van der Waals surface area (Å²) in [5, 5.41) is 3.16. The lowest BCUT2D eigenvalue weighted by molar-refractivity contribution is 0.459. The lowest BCUT2D eigenvalue weighted by Crippen LogP contribution is -2.16. The molecule has 1 N–H and O–H groups in total. The molecule has 0 atom stereocenters. The predicted octanol–water partition coefficient (Wildman–Crippen LogP) is 1.84. The van der Waals surface area contributed by atoms with E-state index >= 15 is 0 Å². The molecule has 2 nitrogen and oxygen atoms in total. The first-order valence-electron chi connectivity index (χ1n) is 4.52. The third-order valence-corrected chi connectivity index (χ3v) is 1.92. The quantitative estimate of drug-likeness (QED) is 0.703. The Balaban J connectivity index is 2.32. The highest BCUT2D eigenvalue weighted by atomic mass is 19.1. The maximum Gasteiger partial charge on any atom is 0.0906 e. The van der Waals surface area contributed by atoms with Crippen molar-refractivity contribution in [2.24, 2.45) is 0 Å². The fourth-order valence-corrected chi connectivity index (χ4v) is 1.12. The van der Waals surface area contributed by atoms with Crippen LogP contribution in [0.15, 0.2) is 18.3 Å². The molecule has 0 amide bonds. The fraction of sp³-hybridized carbons (Fsp3) is 0.500. The average molecular weight is 182 g/mol. The zero-order chi connectivity index (χ0) is 9.52. The Kier molecular flexibility index (Phi) is 4.40. The van der Waals surface area contributed by atoms with Crippen LogP contribution in [0.2, 0.25) is 0 Å². The van der Waals surface area contributed by atoms with E-state index in [-0.39, 0.29) is 6.67 Å². The topological polar surface area (TPSA) is 24.9 Å². The van der Waals surface area contributed by atoms with Gasteiger partial charge in [-0.2, -0.15) is 0 Å². The van der Waals surface area contributed by atoms with E-state index in [1.54, 1.807) is 6.20 Å². The number of aromatic nitrogens is 1. The maximum absolute atomic E-state index is 11.7. The van der Waals surface area contributed by atoms with Crippen LogP contribution in [0.4, 0.5) is 4.39 Å². The van der Waals surface area contributed by atoms with E-state index < -0.39 is 0 Å². The highest BCUT2D eigenvalue weighted by Gasteiger charge is 1.96. The van der Waals surface area contributed by atoms with Gasteiger partial charge in [-0.05, 0) is 31.5 Å².